The maximum atomic E-state index is 12.0. The first kappa shape index (κ1) is 12.3. The van der Waals surface area contributed by atoms with Crippen molar-refractivity contribution in [3.8, 4) is 5.88 Å². The number of hydrogen-bond donors (Lipinski definition) is 0. The third-order valence-corrected chi connectivity index (χ3v) is 2.72. The number of rotatable bonds is 3. The molecule has 0 saturated heterocycles. The molecule has 0 N–H and O–H groups in total. The molecule has 2 rings (SSSR count). The summed E-state index contributed by atoms with van der Waals surface area (Å²) >= 11 is 0. The molecule has 0 aliphatic rings. The maximum Gasteiger partial charge on any atom is 0.319 e. The van der Waals surface area contributed by atoms with Crippen LogP contribution in [0.25, 0.3) is 0 Å². The van der Waals surface area contributed by atoms with E-state index >= 15 is 0 Å². The van der Waals surface area contributed by atoms with E-state index in [-0.39, 0.29) is 11.9 Å². The third kappa shape index (κ3) is 2.94. The zero-order valence-corrected chi connectivity index (χ0v) is 10.5. The number of carbonyl (C=O) groups excluding carboxylic acids is 1. The van der Waals surface area contributed by atoms with Crippen molar-refractivity contribution in [3.63, 3.8) is 0 Å². The molecule has 1 heterocycles. The van der Waals surface area contributed by atoms with E-state index in [0.29, 0.717) is 5.88 Å². The van der Waals surface area contributed by atoms with Crippen LogP contribution in [0, 0.1) is 6.92 Å². The normalized spacial score (nSPS) is 11.9. The molecule has 0 amide bonds. The monoisotopic (exact) mass is 241 g/mol. The summed E-state index contributed by atoms with van der Waals surface area (Å²) in [5.41, 5.74) is 1.77. The van der Waals surface area contributed by atoms with E-state index in [0.717, 1.165) is 11.3 Å². The fourth-order valence-corrected chi connectivity index (χ4v) is 1.64. The van der Waals surface area contributed by atoms with Crippen molar-refractivity contribution in [2.45, 2.75) is 19.8 Å². The van der Waals surface area contributed by atoms with Gasteiger partial charge in [0.2, 0.25) is 5.88 Å². The Labute approximate surface area is 106 Å². The Morgan fingerprint density at radius 1 is 1.11 bits per heavy atom. The molecule has 0 unspecified atom stereocenters. The molecule has 0 aliphatic heterocycles. The standard InChI is InChI=1S/C15H15NO2/c1-11-7-6-10-14(16-11)18-15(17)12(2)13-8-4-3-5-9-13/h3-10,12H,1-2H3/t12-/m0/s1. The molecule has 3 heteroatoms. The Kier molecular flexibility index (Phi) is 3.72. The van der Waals surface area contributed by atoms with Gasteiger partial charge in [-0.2, -0.15) is 0 Å². The molecule has 3 nitrogen and oxygen atoms in total. The fourth-order valence-electron chi connectivity index (χ4n) is 1.64. The minimum Gasteiger partial charge on any atom is -0.407 e. The van der Waals surface area contributed by atoms with Crippen molar-refractivity contribution in [1.82, 2.24) is 4.98 Å². The first-order valence-electron chi connectivity index (χ1n) is 5.87. The molecule has 0 bridgehead atoms. The van der Waals surface area contributed by atoms with Gasteiger partial charge in [0, 0.05) is 11.8 Å². The number of carbonyl (C=O) groups is 1. The predicted octanol–water partition coefficient (Wildman–Crippen LogP) is 3.10. The van der Waals surface area contributed by atoms with Gasteiger partial charge in [-0.25, -0.2) is 4.98 Å². The summed E-state index contributed by atoms with van der Waals surface area (Å²) < 4.78 is 5.26. The lowest BCUT2D eigenvalue weighted by molar-refractivity contribution is -0.135. The Hall–Kier alpha value is -2.16. The van der Waals surface area contributed by atoms with Crippen LogP contribution < -0.4 is 4.74 Å². The third-order valence-electron chi connectivity index (χ3n) is 2.72. The van der Waals surface area contributed by atoms with Gasteiger partial charge >= 0.3 is 5.97 Å². The van der Waals surface area contributed by atoms with Crippen LogP contribution in [0.4, 0.5) is 0 Å². The predicted molar refractivity (Wildman–Crippen MR) is 69.5 cm³/mol. The number of aromatic nitrogens is 1. The second kappa shape index (κ2) is 5.45. The molecule has 1 aromatic heterocycles. The summed E-state index contributed by atoms with van der Waals surface area (Å²) in [6.07, 6.45) is 0. The van der Waals surface area contributed by atoms with Crippen molar-refractivity contribution in [1.29, 1.82) is 0 Å². The highest BCUT2D eigenvalue weighted by Crippen LogP contribution is 2.18. The highest BCUT2D eigenvalue weighted by molar-refractivity contribution is 5.79. The zero-order chi connectivity index (χ0) is 13.0. The molecule has 18 heavy (non-hydrogen) atoms. The van der Waals surface area contributed by atoms with Crippen LogP contribution in [0.1, 0.15) is 24.1 Å². The smallest absolute Gasteiger partial charge is 0.319 e. The molecule has 0 saturated carbocycles. The Morgan fingerprint density at radius 3 is 2.50 bits per heavy atom. The highest BCUT2D eigenvalue weighted by Gasteiger charge is 2.17. The lowest BCUT2D eigenvalue weighted by Gasteiger charge is -2.10. The van der Waals surface area contributed by atoms with Crippen LogP contribution in [0.3, 0.4) is 0 Å². The van der Waals surface area contributed by atoms with Crippen LogP contribution in [0.15, 0.2) is 48.5 Å². The van der Waals surface area contributed by atoms with Crippen molar-refractivity contribution in [2.75, 3.05) is 0 Å². The van der Waals surface area contributed by atoms with Crippen molar-refractivity contribution < 1.29 is 9.53 Å². The second-order valence-electron chi connectivity index (χ2n) is 4.17. The molecule has 1 aromatic carbocycles. The average molecular weight is 241 g/mol. The number of nitrogens with zero attached hydrogens (tertiary/aromatic N) is 1. The van der Waals surface area contributed by atoms with Gasteiger partial charge in [-0.05, 0) is 25.5 Å². The van der Waals surface area contributed by atoms with Crippen LogP contribution in [-0.4, -0.2) is 11.0 Å². The van der Waals surface area contributed by atoms with E-state index in [1.807, 2.05) is 56.3 Å². The molecular weight excluding hydrogens is 226 g/mol. The fraction of sp³-hybridized carbons (Fsp3) is 0.200. The summed E-state index contributed by atoms with van der Waals surface area (Å²) in [5, 5.41) is 0. The van der Waals surface area contributed by atoms with Gasteiger partial charge < -0.3 is 4.74 Å². The van der Waals surface area contributed by atoms with Gasteiger partial charge in [-0.3, -0.25) is 4.79 Å². The minimum absolute atomic E-state index is 0.292. The average Bonchev–Trinajstić information content (AvgIpc) is 2.39. The van der Waals surface area contributed by atoms with Crippen LogP contribution in [0.5, 0.6) is 5.88 Å². The summed E-state index contributed by atoms with van der Waals surface area (Å²) in [6, 6.07) is 14.9. The summed E-state index contributed by atoms with van der Waals surface area (Å²) in [6.45, 7) is 3.69. The molecule has 0 fully saturated rings. The minimum atomic E-state index is -0.298. The number of hydrogen-bond acceptors (Lipinski definition) is 3. The zero-order valence-electron chi connectivity index (χ0n) is 10.5. The van der Waals surface area contributed by atoms with E-state index in [1.165, 1.54) is 0 Å². The van der Waals surface area contributed by atoms with Gasteiger partial charge in [0.15, 0.2) is 0 Å². The first-order valence-corrected chi connectivity index (χ1v) is 5.87. The number of aryl methyl sites for hydroxylation is 1. The van der Waals surface area contributed by atoms with E-state index in [4.69, 9.17) is 4.74 Å². The largest absolute Gasteiger partial charge is 0.407 e. The van der Waals surface area contributed by atoms with Crippen molar-refractivity contribution in [2.24, 2.45) is 0 Å². The van der Waals surface area contributed by atoms with Gasteiger partial charge in [0.05, 0.1) is 5.92 Å². The molecule has 0 aliphatic carbocycles. The topological polar surface area (TPSA) is 39.2 Å². The molecular formula is C15H15NO2. The van der Waals surface area contributed by atoms with Crippen molar-refractivity contribution >= 4 is 5.97 Å². The Morgan fingerprint density at radius 2 is 1.83 bits per heavy atom. The highest BCUT2D eigenvalue weighted by atomic mass is 16.5. The van der Waals surface area contributed by atoms with Crippen LogP contribution in [-0.2, 0) is 4.79 Å². The second-order valence-corrected chi connectivity index (χ2v) is 4.17. The summed E-state index contributed by atoms with van der Waals surface area (Å²) in [7, 11) is 0. The Bertz CT molecular complexity index is 537. The van der Waals surface area contributed by atoms with Gasteiger partial charge in [-0.15, -0.1) is 0 Å². The van der Waals surface area contributed by atoms with Crippen LogP contribution in [0.2, 0.25) is 0 Å². The molecule has 0 radical (unpaired) electrons. The lowest BCUT2D eigenvalue weighted by Crippen LogP contribution is -2.16. The summed E-state index contributed by atoms with van der Waals surface area (Å²) in [5.74, 6) is -0.240. The number of pyridine rings is 1. The van der Waals surface area contributed by atoms with Gasteiger partial charge in [0.25, 0.3) is 0 Å². The summed E-state index contributed by atoms with van der Waals surface area (Å²) in [4.78, 5) is 16.1. The maximum absolute atomic E-state index is 12.0. The Balaban J connectivity index is 2.09. The molecule has 2 aromatic rings. The molecule has 92 valence electrons. The first-order chi connectivity index (χ1) is 8.66. The quantitative estimate of drug-likeness (QED) is 0.775. The SMILES string of the molecule is Cc1cccc(OC(=O)[C@@H](C)c2ccccc2)n1. The van der Waals surface area contributed by atoms with E-state index in [2.05, 4.69) is 4.98 Å². The number of ether oxygens (including phenoxy) is 1. The van der Waals surface area contributed by atoms with Gasteiger partial charge in [-0.1, -0.05) is 36.4 Å². The van der Waals surface area contributed by atoms with Crippen molar-refractivity contribution in [3.05, 3.63) is 59.8 Å². The van der Waals surface area contributed by atoms with E-state index < -0.39 is 0 Å². The van der Waals surface area contributed by atoms with Gasteiger partial charge in [0.1, 0.15) is 0 Å². The number of benzene rings is 1. The number of esters is 1. The molecule has 0 spiro atoms. The lowest BCUT2D eigenvalue weighted by atomic mass is 10.0. The van der Waals surface area contributed by atoms with E-state index in [1.54, 1.807) is 6.07 Å². The van der Waals surface area contributed by atoms with Crippen LogP contribution >= 0.6 is 0 Å². The molecule has 1 atom stereocenters. The van der Waals surface area contributed by atoms with E-state index in [9.17, 15) is 4.79 Å².